The summed E-state index contributed by atoms with van der Waals surface area (Å²) in [5, 5.41) is 10.7. The number of rotatable bonds is 4. The Hall–Kier alpha value is -1.69. The lowest BCUT2D eigenvalue weighted by atomic mass is 10.1. The molecule has 0 aromatic carbocycles. The number of carbonyl (C=O) groups is 1. The lowest BCUT2D eigenvalue weighted by Gasteiger charge is -1.98. The van der Waals surface area contributed by atoms with Crippen molar-refractivity contribution in [3.8, 4) is 0 Å². The molecule has 96 valence electrons. The second-order valence-electron chi connectivity index (χ2n) is 4.29. The monoisotopic (exact) mass is 265 g/mol. The highest BCUT2D eigenvalue weighted by Crippen LogP contribution is 2.14. The molecule has 3 N–H and O–H groups in total. The van der Waals surface area contributed by atoms with E-state index in [-0.39, 0.29) is 5.91 Å². The summed E-state index contributed by atoms with van der Waals surface area (Å²) in [7, 11) is 0. The molecule has 2 aromatic heterocycles. The van der Waals surface area contributed by atoms with E-state index < -0.39 is 0 Å². The van der Waals surface area contributed by atoms with Gasteiger partial charge in [-0.1, -0.05) is 11.3 Å². The van der Waals surface area contributed by atoms with Crippen LogP contribution in [0.15, 0.2) is 6.20 Å². The van der Waals surface area contributed by atoms with E-state index in [1.54, 1.807) is 0 Å². The van der Waals surface area contributed by atoms with Crippen LogP contribution in [0.2, 0.25) is 0 Å². The quantitative estimate of drug-likeness (QED) is 0.884. The fraction of sp³-hybridized carbons (Fsp3) is 0.417. The zero-order valence-electron chi connectivity index (χ0n) is 10.8. The zero-order chi connectivity index (χ0) is 13.1. The highest BCUT2D eigenvalue weighted by Gasteiger charge is 2.14. The predicted octanol–water partition coefficient (Wildman–Crippen LogP) is 1.78. The number of hydrogen-bond donors (Lipinski definition) is 2. The molecule has 0 saturated heterocycles. The zero-order valence-corrected chi connectivity index (χ0v) is 11.6. The smallest absolute Gasteiger partial charge is 0.282 e. The van der Waals surface area contributed by atoms with Crippen molar-refractivity contribution in [2.75, 3.05) is 5.32 Å². The normalized spacial score (nSPS) is 10.6. The fourth-order valence-corrected chi connectivity index (χ4v) is 2.54. The summed E-state index contributed by atoms with van der Waals surface area (Å²) in [5.41, 5.74) is 3.15. The Morgan fingerprint density at radius 3 is 2.83 bits per heavy atom. The summed E-state index contributed by atoms with van der Waals surface area (Å²) in [6.07, 6.45) is 3.06. The van der Waals surface area contributed by atoms with Gasteiger partial charge in [0.05, 0.1) is 12.1 Å². The van der Waals surface area contributed by atoms with Gasteiger partial charge in [0.1, 0.15) is 6.20 Å². The number of H-pyrrole nitrogens is 2. The highest BCUT2D eigenvalue weighted by atomic mass is 32.1. The van der Waals surface area contributed by atoms with Crippen LogP contribution < -0.4 is 10.3 Å². The molecule has 2 rings (SSSR count). The number of aromatic nitrogens is 3. The third-order valence-corrected chi connectivity index (χ3v) is 3.67. The molecule has 5 nitrogen and oxygen atoms in total. The Morgan fingerprint density at radius 2 is 2.28 bits per heavy atom. The second kappa shape index (κ2) is 5.30. The molecule has 2 heterocycles. The molecule has 0 radical (unpaired) electrons. The van der Waals surface area contributed by atoms with Crippen LogP contribution in [0.1, 0.15) is 28.2 Å². The van der Waals surface area contributed by atoms with Crippen molar-refractivity contribution in [2.45, 2.75) is 33.6 Å². The van der Waals surface area contributed by atoms with Gasteiger partial charge in [-0.25, -0.2) is 15.1 Å². The molecule has 0 bridgehead atoms. The summed E-state index contributed by atoms with van der Waals surface area (Å²) >= 11 is 1.54. The molecule has 0 aliphatic rings. The number of hydrogen-bond acceptors (Lipinski definition) is 3. The molecule has 6 heteroatoms. The second-order valence-corrected chi connectivity index (χ2v) is 5.55. The van der Waals surface area contributed by atoms with E-state index in [0.717, 1.165) is 27.0 Å². The van der Waals surface area contributed by atoms with Crippen molar-refractivity contribution in [2.24, 2.45) is 0 Å². The average molecular weight is 265 g/mol. The molecule has 1 amide bonds. The van der Waals surface area contributed by atoms with Crippen LogP contribution in [0.5, 0.6) is 0 Å². The van der Waals surface area contributed by atoms with Crippen LogP contribution in [-0.4, -0.2) is 16.1 Å². The summed E-state index contributed by atoms with van der Waals surface area (Å²) in [6.45, 7) is 5.92. The Morgan fingerprint density at radius 1 is 1.50 bits per heavy atom. The third-order valence-electron chi connectivity index (χ3n) is 2.81. The van der Waals surface area contributed by atoms with Gasteiger partial charge in [0.25, 0.3) is 0 Å². The van der Waals surface area contributed by atoms with Gasteiger partial charge in [0, 0.05) is 10.6 Å². The van der Waals surface area contributed by atoms with E-state index in [4.69, 9.17) is 0 Å². The van der Waals surface area contributed by atoms with Crippen LogP contribution in [0.25, 0.3) is 0 Å². The minimum Gasteiger partial charge on any atom is -0.282 e. The van der Waals surface area contributed by atoms with Crippen LogP contribution in [0, 0.1) is 20.8 Å². The average Bonchev–Trinajstić information content (AvgIpc) is 2.84. The van der Waals surface area contributed by atoms with Gasteiger partial charge in [-0.05, 0) is 32.8 Å². The van der Waals surface area contributed by atoms with Crippen molar-refractivity contribution in [1.29, 1.82) is 0 Å². The maximum Gasteiger partial charge on any atom is 0.339 e. The molecular weight excluding hydrogens is 248 g/mol. The molecule has 0 unspecified atom stereocenters. The summed E-state index contributed by atoms with van der Waals surface area (Å²) < 4.78 is 0. The summed E-state index contributed by atoms with van der Waals surface area (Å²) in [4.78, 5) is 15.9. The predicted molar refractivity (Wildman–Crippen MR) is 70.6 cm³/mol. The van der Waals surface area contributed by atoms with E-state index in [1.165, 1.54) is 11.3 Å². The Kier molecular flexibility index (Phi) is 3.76. The van der Waals surface area contributed by atoms with E-state index in [1.807, 2.05) is 27.0 Å². The molecule has 0 fully saturated rings. The van der Waals surface area contributed by atoms with Crippen molar-refractivity contribution in [3.05, 3.63) is 28.0 Å². The van der Waals surface area contributed by atoms with E-state index in [9.17, 15) is 4.79 Å². The standard InChI is InChI=1S/C12H16N4OS/c1-7-6-13-12(18-7)14-11(17)5-4-10-8(2)15-16-9(10)3/h6H,4-5H2,1-3H3,(H,15,16)(H,13,14,17)/p+1. The van der Waals surface area contributed by atoms with E-state index in [0.29, 0.717) is 12.8 Å². The van der Waals surface area contributed by atoms with Crippen molar-refractivity contribution in [1.82, 2.24) is 10.2 Å². The van der Waals surface area contributed by atoms with Gasteiger partial charge in [-0.15, -0.1) is 0 Å². The number of nitrogens with one attached hydrogen (secondary N) is 3. The SMILES string of the molecule is Cc1c[nH+]c(NC(=O)CCc2c(C)n[nH]c2C)s1. The number of thiazole rings is 1. The molecule has 0 atom stereocenters. The number of amides is 1. The number of aromatic amines is 2. The van der Waals surface area contributed by atoms with Crippen LogP contribution in [0.3, 0.4) is 0 Å². The van der Waals surface area contributed by atoms with Crippen LogP contribution in [-0.2, 0) is 11.2 Å². The van der Waals surface area contributed by atoms with Gasteiger partial charge in [-0.2, -0.15) is 5.10 Å². The Labute approximate surface area is 110 Å². The number of anilines is 1. The van der Waals surface area contributed by atoms with Gasteiger partial charge < -0.3 is 0 Å². The fourth-order valence-electron chi connectivity index (χ4n) is 1.82. The first-order valence-corrected chi connectivity index (χ1v) is 6.66. The summed E-state index contributed by atoms with van der Waals surface area (Å²) in [6, 6.07) is 0. The van der Waals surface area contributed by atoms with Crippen molar-refractivity contribution >= 4 is 22.4 Å². The number of carbonyl (C=O) groups excluding carboxylic acids is 1. The van der Waals surface area contributed by atoms with Gasteiger partial charge in [0.2, 0.25) is 0 Å². The maximum absolute atomic E-state index is 11.8. The molecular formula is C12H17N4OS+. The first-order valence-electron chi connectivity index (χ1n) is 5.84. The Bertz CT molecular complexity index is 539. The lowest BCUT2D eigenvalue weighted by Crippen LogP contribution is -2.16. The van der Waals surface area contributed by atoms with Crippen LogP contribution in [0.4, 0.5) is 5.13 Å². The molecule has 0 saturated carbocycles. The van der Waals surface area contributed by atoms with Crippen LogP contribution >= 0.6 is 11.3 Å². The Balaban J connectivity index is 1.89. The first kappa shape index (κ1) is 12.8. The third kappa shape index (κ3) is 2.95. The first-order chi connectivity index (χ1) is 8.56. The molecule has 18 heavy (non-hydrogen) atoms. The molecule has 0 spiro atoms. The van der Waals surface area contributed by atoms with Gasteiger partial charge >= 0.3 is 11.0 Å². The van der Waals surface area contributed by atoms with Crippen molar-refractivity contribution in [3.63, 3.8) is 0 Å². The molecule has 0 aliphatic heterocycles. The highest BCUT2D eigenvalue weighted by molar-refractivity contribution is 7.15. The molecule has 2 aromatic rings. The minimum absolute atomic E-state index is 0.0214. The minimum atomic E-state index is 0.0214. The summed E-state index contributed by atoms with van der Waals surface area (Å²) in [5.74, 6) is 0.0214. The molecule has 0 aliphatic carbocycles. The van der Waals surface area contributed by atoms with Crippen molar-refractivity contribution < 1.29 is 9.78 Å². The maximum atomic E-state index is 11.8. The van der Waals surface area contributed by atoms with E-state index >= 15 is 0 Å². The van der Waals surface area contributed by atoms with Gasteiger partial charge in [-0.3, -0.25) is 5.10 Å². The topological polar surface area (TPSA) is 71.9 Å². The van der Waals surface area contributed by atoms with Gasteiger partial charge in [0.15, 0.2) is 0 Å². The number of aryl methyl sites for hydroxylation is 3. The lowest BCUT2D eigenvalue weighted by molar-refractivity contribution is -0.354. The van der Waals surface area contributed by atoms with E-state index in [2.05, 4.69) is 20.5 Å². The number of nitrogens with zero attached hydrogens (tertiary/aromatic N) is 1. The largest absolute Gasteiger partial charge is 0.339 e.